The van der Waals surface area contributed by atoms with Gasteiger partial charge in [-0.25, -0.2) is 14.8 Å². The van der Waals surface area contributed by atoms with Crippen molar-refractivity contribution in [2.24, 2.45) is 0 Å². The second-order valence-electron chi connectivity index (χ2n) is 4.91. The SMILES string of the molecule is CCOC(=O)c1cnc(CSC(C)(C)C)nc1C. The van der Waals surface area contributed by atoms with E-state index in [1.54, 1.807) is 31.8 Å². The van der Waals surface area contributed by atoms with Gasteiger partial charge in [-0.1, -0.05) is 20.8 Å². The van der Waals surface area contributed by atoms with Gasteiger partial charge in [0, 0.05) is 10.9 Å². The molecule has 1 rings (SSSR count). The molecule has 1 aromatic rings. The number of hydrogen-bond donors (Lipinski definition) is 0. The molecule has 0 aliphatic heterocycles. The predicted octanol–water partition coefficient (Wildman–Crippen LogP) is 2.99. The molecule has 0 aliphatic carbocycles. The molecule has 0 saturated heterocycles. The minimum absolute atomic E-state index is 0.178. The van der Waals surface area contributed by atoms with Crippen LogP contribution in [0.4, 0.5) is 0 Å². The van der Waals surface area contributed by atoms with E-state index in [0.717, 1.165) is 11.6 Å². The fourth-order valence-electron chi connectivity index (χ4n) is 1.28. The Kier molecular flexibility index (Phi) is 5.14. The van der Waals surface area contributed by atoms with E-state index in [1.807, 2.05) is 0 Å². The van der Waals surface area contributed by atoms with Crippen LogP contribution in [0.25, 0.3) is 0 Å². The van der Waals surface area contributed by atoms with Gasteiger partial charge in [0.2, 0.25) is 0 Å². The highest BCUT2D eigenvalue weighted by atomic mass is 32.2. The summed E-state index contributed by atoms with van der Waals surface area (Å²) in [7, 11) is 0. The average molecular weight is 268 g/mol. The molecule has 0 N–H and O–H groups in total. The first-order chi connectivity index (χ1) is 8.33. The molecule has 0 bridgehead atoms. The van der Waals surface area contributed by atoms with Crippen molar-refractivity contribution in [3.63, 3.8) is 0 Å². The quantitative estimate of drug-likeness (QED) is 0.786. The molecule has 0 saturated carbocycles. The molecule has 18 heavy (non-hydrogen) atoms. The highest BCUT2D eigenvalue weighted by molar-refractivity contribution is 7.99. The number of carbonyl (C=O) groups is 1. The van der Waals surface area contributed by atoms with Crippen molar-refractivity contribution in [1.82, 2.24) is 9.97 Å². The second-order valence-corrected chi connectivity index (χ2v) is 6.71. The number of thioether (sulfide) groups is 1. The number of hydrogen-bond acceptors (Lipinski definition) is 5. The number of esters is 1. The molecule has 0 radical (unpaired) electrons. The molecule has 100 valence electrons. The Morgan fingerprint density at radius 2 is 2.11 bits per heavy atom. The van der Waals surface area contributed by atoms with E-state index in [4.69, 9.17) is 4.74 Å². The third kappa shape index (κ3) is 4.64. The van der Waals surface area contributed by atoms with Crippen LogP contribution in [-0.2, 0) is 10.5 Å². The van der Waals surface area contributed by atoms with Crippen molar-refractivity contribution in [2.45, 2.75) is 45.1 Å². The van der Waals surface area contributed by atoms with Gasteiger partial charge in [0.15, 0.2) is 0 Å². The fourth-order valence-corrected chi connectivity index (χ4v) is 1.98. The summed E-state index contributed by atoms with van der Waals surface area (Å²) in [6, 6.07) is 0. The Bertz CT molecular complexity index is 427. The van der Waals surface area contributed by atoms with Crippen molar-refractivity contribution < 1.29 is 9.53 Å². The lowest BCUT2D eigenvalue weighted by Crippen LogP contribution is -2.12. The number of ether oxygens (including phenoxy) is 1. The van der Waals surface area contributed by atoms with Crippen molar-refractivity contribution in [1.29, 1.82) is 0 Å². The Balaban J connectivity index is 2.76. The number of nitrogens with zero attached hydrogens (tertiary/aromatic N) is 2. The summed E-state index contributed by atoms with van der Waals surface area (Å²) in [5.74, 6) is 1.14. The molecule has 5 heteroatoms. The molecule has 0 amide bonds. The fraction of sp³-hybridized carbons (Fsp3) is 0.615. The van der Waals surface area contributed by atoms with Crippen LogP contribution in [0.5, 0.6) is 0 Å². The van der Waals surface area contributed by atoms with E-state index in [1.165, 1.54) is 0 Å². The first-order valence-corrected chi connectivity index (χ1v) is 6.95. The number of aryl methyl sites for hydroxylation is 1. The molecule has 1 heterocycles. The molecule has 0 aliphatic rings. The highest BCUT2D eigenvalue weighted by Gasteiger charge is 2.15. The Morgan fingerprint density at radius 3 is 2.61 bits per heavy atom. The first kappa shape index (κ1) is 15.0. The molecule has 4 nitrogen and oxygen atoms in total. The average Bonchev–Trinajstić information content (AvgIpc) is 2.25. The highest BCUT2D eigenvalue weighted by Crippen LogP contribution is 2.26. The first-order valence-electron chi connectivity index (χ1n) is 5.97. The lowest BCUT2D eigenvalue weighted by Gasteiger charge is -2.16. The summed E-state index contributed by atoms with van der Waals surface area (Å²) in [5.41, 5.74) is 1.12. The van der Waals surface area contributed by atoms with Gasteiger partial charge >= 0.3 is 5.97 Å². The van der Waals surface area contributed by atoms with E-state index < -0.39 is 0 Å². The van der Waals surface area contributed by atoms with E-state index in [9.17, 15) is 4.79 Å². The molecule has 0 unspecified atom stereocenters. The van der Waals surface area contributed by atoms with Crippen LogP contribution in [0.1, 0.15) is 49.6 Å². The number of rotatable bonds is 4. The van der Waals surface area contributed by atoms with Gasteiger partial charge in [0.1, 0.15) is 5.82 Å². The van der Waals surface area contributed by atoms with Gasteiger partial charge in [0.25, 0.3) is 0 Å². The van der Waals surface area contributed by atoms with Crippen LogP contribution in [0.15, 0.2) is 6.20 Å². The van der Waals surface area contributed by atoms with Gasteiger partial charge in [-0.05, 0) is 13.8 Å². The molecular formula is C13H20N2O2S. The standard InChI is InChI=1S/C13H20N2O2S/c1-6-17-12(16)10-7-14-11(15-9(10)2)8-18-13(3,4)5/h7H,6,8H2,1-5H3. The van der Waals surface area contributed by atoms with Crippen molar-refractivity contribution in [3.8, 4) is 0 Å². The maximum atomic E-state index is 11.6. The van der Waals surface area contributed by atoms with Crippen molar-refractivity contribution >= 4 is 17.7 Å². The third-order valence-corrected chi connectivity index (χ3v) is 3.43. The minimum atomic E-state index is -0.356. The summed E-state index contributed by atoms with van der Waals surface area (Å²) in [4.78, 5) is 20.1. The monoisotopic (exact) mass is 268 g/mol. The zero-order valence-electron chi connectivity index (χ0n) is 11.6. The number of carbonyl (C=O) groups excluding carboxylic acids is 1. The molecule has 1 aromatic heterocycles. The normalized spacial score (nSPS) is 11.4. The van der Waals surface area contributed by atoms with Crippen LogP contribution in [0.2, 0.25) is 0 Å². The number of aromatic nitrogens is 2. The van der Waals surface area contributed by atoms with Crippen LogP contribution in [0.3, 0.4) is 0 Å². The third-order valence-electron chi connectivity index (χ3n) is 2.16. The summed E-state index contributed by atoms with van der Waals surface area (Å²) < 4.78 is 5.12. The van der Waals surface area contributed by atoms with Crippen molar-refractivity contribution in [2.75, 3.05) is 6.61 Å². The largest absolute Gasteiger partial charge is 0.462 e. The maximum Gasteiger partial charge on any atom is 0.341 e. The van der Waals surface area contributed by atoms with E-state index in [2.05, 4.69) is 30.7 Å². The van der Waals surface area contributed by atoms with E-state index in [0.29, 0.717) is 17.9 Å². The molecule has 0 atom stereocenters. The van der Waals surface area contributed by atoms with Crippen LogP contribution in [-0.4, -0.2) is 27.3 Å². The molecular weight excluding hydrogens is 248 g/mol. The van der Waals surface area contributed by atoms with Crippen LogP contribution in [0, 0.1) is 6.92 Å². The summed E-state index contributed by atoms with van der Waals surface area (Å²) in [6.45, 7) is 10.4. The zero-order chi connectivity index (χ0) is 13.8. The van der Waals surface area contributed by atoms with Gasteiger partial charge in [-0.15, -0.1) is 11.8 Å². The van der Waals surface area contributed by atoms with Crippen molar-refractivity contribution in [3.05, 3.63) is 23.3 Å². The Morgan fingerprint density at radius 1 is 1.44 bits per heavy atom. The molecule has 0 aromatic carbocycles. The van der Waals surface area contributed by atoms with E-state index >= 15 is 0 Å². The minimum Gasteiger partial charge on any atom is -0.462 e. The second kappa shape index (κ2) is 6.18. The maximum absolute atomic E-state index is 11.6. The molecule has 0 spiro atoms. The topological polar surface area (TPSA) is 52.1 Å². The predicted molar refractivity (Wildman–Crippen MR) is 73.8 cm³/mol. The Hall–Kier alpha value is -1.10. The van der Waals surface area contributed by atoms with Gasteiger partial charge in [-0.3, -0.25) is 0 Å². The summed E-state index contributed by atoms with van der Waals surface area (Å²) >= 11 is 1.78. The van der Waals surface area contributed by atoms with Crippen LogP contribution < -0.4 is 0 Å². The van der Waals surface area contributed by atoms with Crippen LogP contribution >= 0.6 is 11.8 Å². The van der Waals surface area contributed by atoms with Gasteiger partial charge < -0.3 is 4.74 Å². The molecule has 0 fully saturated rings. The lowest BCUT2D eigenvalue weighted by molar-refractivity contribution is 0.0524. The van der Waals surface area contributed by atoms with Gasteiger partial charge in [0.05, 0.1) is 23.6 Å². The Labute approximate surface area is 113 Å². The van der Waals surface area contributed by atoms with Gasteiger partial charge in [-0.2, -0.15) is 0 Å². The summed E-state index contributed by atoms with van der Waals surface area (Å²) in [6.07, 6.45) is 1.55. The lowest BCUT2D eigenvalue weighted by atomic mass is 10.2. The van der Waals surface area contributed by atoms with E-state index in [-0.39, 0.29) is 10.7 Å². The zero-order valence-corrected chi connectivity index (χ0v) is 12.4. The smallest absolute Gasteiger partial charge is 0.341 e. The summed E-state index contributed by atoms with van der Waals surface area (Å²) in [5, 5.41) is 0.